The average Bonchev–Trinajstić information content (AvgIpc) is 2.46. The van der Waals surface area contributed by atoms with Crippen LogP contribution >= 0.6 is 0 Å². The molecule has 0 amide bonds. The summed E-state index contributed by atoms with van der Waals surface area (Å²) in [5.74, 6) is -0.111. The number of aryl methyl sites for hydroxylation is 1. The van der Waals surface area contributed by atoms with Crippen molar-refractivity contribution in [2.45, 2.75) is 6.92 Å². The smallest absolute Gasteiger partial charge is 0.343 e. The number of hydrogen-bond acceptors (Lipinski definition) is 4. The number of ether oxygens (including phenoxy) is 1. The van der Waals surface area contributed by atoms with Gasteiger partial charge in [0, 0.05) is 17.5 Å². The molecule has 0 saturated heterocycles. The molecule has 0 aliphatic rings. The van der Waals surface area contributed by atoms with Crippen LogP contribution in [0.15, 0.2) is 63.8 Å². The monoisotopic (exact) mass is 280 g/mol. The second kappa shape index (κ2) is 5.25. The molecule has 1 heterocycles. The lowest BCUT2D eigenvalue weighted by atomic mass is 10.1. The molecular formula is C17H12O4. The van der Waals surface area contributed by atoms with Gasteiger partial charge in [0.15, 0.2) is 0 Å². The van der Waals surface area contributed by atoms with E-state index in [0.29, 0.717) is 16.9 Å². The molecule has 0 unspecified atom stereocenters. The second-order valence-corrected chi connectivity index (χ2v) is 4.71. The third-order valence-corrected chi connectivity index (χ3v) is 3.06. The molecule has 0 radical (unpaired) electrons. The van der Waals surface area contributed by atoms with Crippen LogP contribution in [0.25, 0.3) is 11.0 Å². The van der Waals surface area contributed by atoms with Gasteiger partial charge in [0.25, 0.3) is 0 Å². The Morgan fingerprint density at radius 3 is 2.67 bits per heavy atom. The number of rotatable bonds is 2. The van der Waals surface area contributed by atoms with Gasteiger partial charge in [-0.15, -0.1) is 0 Å². The van der Waals surface area contributed by atoms with Gasteiger partial charge in [0.2, 0.25) is 0 Å². The number of benzene rings is 2. The quantitative estimate of drug-likeness (QED) is 0.410. The Labute approximate surface area is 120 Å². The van der Waals surface area contributed by atoms with E-state index < -0.39 is 11.6 Å². The molecule has 0 spiro atoms. The largest absolute Gasteiger partial charge is 0.423 e. The van der Waals surface area contributed by atoms with E-state index in [0.717, 1.165) is 10.9 Å². The Morgan fingerprint density at radius 1 is 1.05 bits per heavy atom. The third-order valence-electron chi connectivity index (χ3n) is 3.06. The van der Waals surface area contributed by atoms with Gasteiger partial charge in [0.05, 0.1) is 5.56 Å². The van der Waals surface area contributed by atoms with Crippen LogP contribution < -0.4 is 10.4 Å². The maximum absolute atomic E-state index is 12.1. The zero-order valence-electron chi connectivity index (χ0n) is 11.3. The first kappa shape index (κ1) is 13.1. The summed E-state index contributed by atoms with van der Waals surface area (Å²) in [6, 6.07) is 15.1. The molecule has 21 heavy (non-hydrogen) atoms. The molecule has 0 aliphatic carbocycles. The van der Waals surface area contributed by atoms with Crippen molar-refractivity contribution in [2.24, 2.45) is 0 Å². The molecule has 1 aromatic heterocycles. The van der Waals surface area contributed by atoms with Crippen LogP contribution in [0.5, 0.6) is 5.75 Å². The highest BCUT2D eigenvalue weighted by Gasteiger charge is 2.09. The molecule has 0 saturated carbocycles. The van der Waals surface area contributed by atoms with E-state index in [4.69, 9.17) is 9.15 Å². The fraction of sp³-hybridized carbons (Fsp3) is 0.0588. The zero-order chi connectivity index (χ0) is 14.8. The lowest BCUT2D eigenvalue weighted by molar-refractivity contribution is 0.0735. The van der Waals surface area contributed by atoms with Crippen LogP contribution in [-0.4, -0.2) is 5.97 Å². The van der Waals surface area contributed by atoms with Gasteiger partial charge < -0.3 is 9.15 Å². The summed E-state index contributed by atoms with van der Waals surface area (Å²) in [5, 5.41) is 0.768. The molecule has 0 aliphatic heterocycles. The van der Waals surface area contributed by atoms with Crippen LogP contribution in [-0.2, 0) is 0 Å². The van der Waals surface area contributed by atoms with Crippen LogP contribution in [0.2, 0.25) is 0 Å². The van der Waals surface area contributed by atoms with Crippen molar-refractivity contribution in [2.75, 3.05) is 0 Å². The third kappa shape index (κ3) is 2.84. The molecule has 4 nitrogen and oxygen atoms in total. The Balaban J connectivity index is 1.91. The van der Waals surface area contributed by atoms with Gasteiger partial charge in [-0.2, -0.15) is 0 Å². The highest BCUT2D eigenvalue weighted by atomic mass is 16.5. The molecule has 4 heteroatoms. The topological polar surface area (TPSA) is 56.5 Å². The lowest BCUT2D eigenvalue weighted by Crippen LogP contribution is -2.08. The summed E-state index contributed by atoms with van der Waals surface area (Å²) < 4.78 is 10.4. The second-order valence-electron chi connectivity index (χ2n) is 4.71. The number of carbonyl (C=O) groups excluding carboxylic acids is 1. The van der Waals surface area contributed by atoms with Crippen molar-refractivity contribution in [3.63, 3.8) is 0 Å². The van der Waals surface area contributed by atoms with Crippen LogP contribution in [0.1, 0.15) is 15.9 Å². The molecule has 3 rings (SSSR count). The summed E-state index contributed by atoms with van der Waals surface area (Å²) in [5.41, 5.74) is 1.40. The number of carbonyl (C=O) groups is 1. The van der Waals surface area contributed by atoms with Crippen molar-refractivity contribution in [1.82, 2.24) is 0 Å². The first-order valence-corrected chi connectivity index (χ1v) is 6.44. The predicted octanol–water partition coefficient (Wildman–Crippen LogP) is 3.32. The van der Waals surface area contributed by atoms with Crippen molar-refractivity contribution in [3.05, 3.63) is 76.1 Å². The van der Waals surface area contributed by atoms with Gasteiger partial charge in [-0.1, -0.05) is 17.7 Å². The summed E-state index contributed by atoms with van der Waals surface area (Å²) in [6.07, 6.45) is 0. The molecule has 0 N–H and O–H groups in total. The Kier molecular flexibility index (Phi) is 3.28. The molecule has 0 fully saturated rings. The fourth-order valence-corrected chi connectivity index (χ4v) is 2.04. The van der Waals surface area contributed by atoms with Gasteiger partial charge in [-0.3, -0.25) is 0 Å². The highest BCUT2D eigenvalue weighted by Crippen LogP contribution is 2.20. The predicted molar refractivity (Wildman–Crippen MR) is 78.6 cm³/mol. The molecule has 104 valence electrons. The fourth-order valence-electron chi connectivity index (χ4n) is 2.04. The normalized spacial score (nSPS) is 10.5. The van der Waals surface area contributed by atoms with Crippen molar-refractivity contribution < 1.29 is 13.9 Å². The van der Waals surface area contributed by atoms with E-state index in [1.807, 2.05) is 13.0 Å². The minimum Gasteiger partial charge on any atom is -0.423 e. The Bertz CT molecular complexity index is 877. The average molecular weight is 280 g/mol. The SMILES string of the molecule is Cc1cccc(C(=O)Oc2ccc3ccc(=O)oc3c2)c1. The Hall–Kier alpha value is -2.88. The molecule has 2 aromatic carbocycles. The summed E-state index contributed by atoms with van der Waals surface area (Å²) in [4.78, 5) is 23.3. The first-order chi connectivity index (χ1) is 10.1. The first-order valence-electron chi connectivity index (χ1n) is 6.44. The van der Waals surface area contributed by atoms with Crippen LogP contribution in [0, 0.1) is 6.92 Å². The van der Waals surface area contributed by atoms with Crippen molar-refractivity contribution in [1.29, 1.82) is 0 Å². The standard InChI is InChI=1S/C17H12O4/c1-11-3-2-4-13(9-11)17(19)20-14-7-5-12-6-8-16(18)21-15(12)10-14/h2-10H,1H3. The van der Waals surface area contributed by atoms with E-state index in [-0.39, 0.29) is 0 Å². The number of hydrogen-bond donors (Lipinski definition) is 0. The summed E-state index contributed by atoms with van der Waals surface area (Å²) >= 11 is 0. The van der Waals surface area contributed by atoms with E-state index in [2.05, 4.69) is 0 Å². The van der Waals surface area contributed by atoms with E-state index in [1.165, 1.54) is 12.1 Å². The number of fused-ring (bicyclic) bond motifs is 1. The van der Waals surface area contributed by atoms with Gasteiger partial charge in [-0.05, 0) is 37.3 Å². The van der Waals surface area contributed by atoms with Gasteiger partial charge in [-0.25, -0.2) is 9.59 Å². The molecule has 3 aromatic rings. The Morgan fingerprint density at radius 2 is 1.86 bits per heavy atom. The molecule has 0 bridgehead atoms. The zero-order valence-corrected chi connectivity index (χ0v) is 11.3. The highest BCUT2D eigenvalue weighted by molar-refractivity contribution is 5.91. The molecular weight excluding hydrogens is 268 g/mol. The van der Waals surface area contributed by atoms with Gasteiger partial charge in [0.1, 0.15) is 11.3 Å². The lowest BCUT2D eigenvalue weighted by Gasteiger charge is -2.05. The van der Waals surface area contributed by atoms with Gasteiger partial charge >= 0.3 is 11.6 Å². The summed E-state index contributed by atoms with van der Waals surface area (Å²) in [6.45, 7) is 1.90. The van der Waals surface area contributed by atoms with E-state index >= 15 is 0 Å². The van der Waals surface area contributed by atoms with Crippen molar-refractivity contribution >= 4 is 16.9 Å². The van der Waals surface area contributed by atoms with E-state index in [9.17, 15) is 9.59 Å². The van der Waals surface area contributed by atoms with E-state index in [1.54, 1.807) is 36.4 Å². The maximum Gasteiger partial charge on any atom is 0.343 e. The maximum atomic E-state index is 12.1. The minimum atomic E-state index is -0.448. The van der Waals surface area contributed by atoms with Crippen molar-refractivity contribution in [3.8, 4) is 5.75 Å². The van der Waals surface area contributed by atoms with Crippen LogP contribution in [0.4, 0.5) is 0 Å². The minimum absolute atomic E-state index is 0.336. The summed E-state index contributed by atoms with van der Waals surface area (Å²) in [7, 11) is 0. The van der Waals surface area contributed by atoms with Crippen LogP contribution in [0.3, 0.4) is 0 Å². The molecule has 0 atom stereocenters. The number of esters is 1.